The van der Waals surface area contributed by atoms with Crippen LogP contribution in [0.2, 0.25) is 0 Å². The van der Waals surface area contributed by atoms with E-state index in [-0.39, 0.29) is 17.7 Å². The van der Waals surface area contributed by atoms with E-state index < -0.39 is 6.10 Å². The second-order valence-electron chi connectivity index (χ2n) is 11.0. The second-order valence-corrected chi connectivity index (χ2v) is 11.0. The van der Waals surface area contributed by atoms with Gasteiger partial charge in [0.05, 0.1) is 12.2 Å². The number of rotatable bonds is 6. The lowest BCUT2D eigenvalue weighted by Gasteiger charge is -2.57. The molecule has 3 heteroatoms. The van der Waals surface area contributed by atoms with Crippen LogP contribution in [0.15, 0.2) is 54.6 Å². The molecule has 0 unspecified atom stereocenters. The predicted molar refractivity (Wildman–Crippen MR) is 131 cm³/mol. The van der Waals surface area contributed by atoms with Crippen LogP contribution in [-0.2, 0) is 17.7 Å². The minimum atomic E-state index is -0.451. The van der Waals surface area contributed by atoms with Gasteiger partial charge in [0.15, 0.2) is 0 Å². The molecule has 0 radical (unpaired) electrons. The average Bonchev–Trinajstić information content (AvgIpc) is 2.76. The Balaban J connectivity index is 1.67. The summed E-state index contributed by atoms with van der Waals surface area (Å²) in [4.78, 5) is 2.60. The Hall–Kier alpha value is -1.68. The van der Waals surface area contributed by atoms with E-state index in [4.69, 9.17) is 4.74 Å². The summed E-state index contributed by atoms with van der Waals surface area (Å²) in [6.45, 7) is 12.3. The van der Waals surface area contributed by atoms with Gasteiger partial charge in [0.25, 0.3) is 0 Å². The maximum absolute atomic E-state index is 10.9. The SMILES string of the molecule is CC(C)[C@@H](O)c1ccccc1C[C@@H]1O[C@@H]2C[C@H](C)CC[C@H]2C(C)(C)N1Cc1ccccc1. The second kappa shape index (κ2) is 9.67. The highest BCUT2D eigenvalue weighted by Gasteiger charge is 2.50. The first-order valence-electron chi connectivity index (χ1n) is 12.5. The zero-order chi connectivity index (χ0) is 22.9. The molecule has 1 saturated heterocycles. The molecule has 32 heavy (non-hydrogen) atoms. The zero-order valence-electron chi connectivity index (χ0n) is 20.5. The Morgan fingerprint density at radius 1 is 1.03 bits per heavy atom. The number of hydrogen-bond acceptors (Lipinski definition) is 3. The maximum Gasteiger partial charge on any atom is 0.115 e. The Morgan fingerprint density at radius 3 is 2.44 bits per heavy atom. The smallest absolute Gasteiger partial charge is 0.115 e. The molecule has 174 valence electrons. The number of fused-ring (bicyclic) bond motifs is 1. The number of nitrogens with zero attached hydrogens (tertiary/aromatic N) is 1. The maximum atomic E-state index is 10.9. The van der Waals surface area contributed by atoms with Crippen molar-refractivity contribution in [3.63, 3.8) is 0 Å². The Labute approximate surface area is 194 Å². The van der Waals surface area contributed by atoms with Crippen LogP contribution >= 0.6 is 0 Å². The third-order valence-corrected chi connectivity index (χ3v) is 7.98. The molecule has 1 N–H and O–H groups in total. The molecule has 2 fully saturated rings. The fourth-order valence-corrected chi connectivity index (χ4v) is 5.95. The van der Waals surface area contributed by atoms with Crippen molar-refractivity contribution in [1.82, 2.24) is 4.90 Å². The topological polar surface area (TPSA) is 32.7 Å². The number of ether oxygens (including phenoxy) is 1. The number of aliphatic hydroxyl groups excluding tert-OH is 1. The molecule has 5 atom stereocenters. The third kappa shape index (κ3) is 4.81. The van der Waals surface area contributed by atoms with Crippen molar-refractivity contribution in [2.45, 2.75) is 90.8 Å². The largest absolute Gasteiger partial charge is 0.388 e. The van der Waals surface area contributed by atoms with Gasteiger partial charge in [0.1, 0.15) is 6.23 Å². The van der Waals surface area contributed by atoms with E-state index in [0.717, 1.165) is 30.9 Å². The molecular weight excluding hydrogens is 394 g/mol. The van der Waals surface area contributed by atoms with E-state index >= 15 is 0 Å². The van der Waals surface area contributed by atoms with Gasteiger partial charge in [0.2, 0.25) is 0 Å². The van der Waals surface area contributed by atoms with Crippen LogP contribution in [0.1, 0.15) is 76.7 Å². The standard InChI is InChI=1S/C29H41NO2/c1-20(2)28(31)24-14-10-9-13-23(24)18-27-30(19-22-11-7-6-8-12-22)29(4,5)25-16-15-21(3)17-26(25)32-27/h6-14,20-21,25-28,31H,15-19H2,1-5H3/t21-,25-,26-,27+,28-/m1/s1. The van der Waals surface area contributed by atoms with Crippen molar-refractivity contribution in [2.75, 3.05) is 0 Å². The van der Waals surface area contributed by atoms with Gasteiger partial charge in [-0.1, -0.05) is 81.8 Å². The van der Waals surface area contributed by atoms with E-state index in [9.17, 15) is 5.11 Å². The summed E-state index contributed by atoms with van der Waals surface area (Å²) < 4.78 is 6.92. The van der Waals surface area contributed by atoms with Crippen molar-refractivity contribution < 1.29 is 9.84 Å². The summed E-state index contributed by atoms with van der Waals surface area (Å²) >= 11 is 0. The van der Waals surface area contributed by atoms with E-state index in [2.05, 4.69) is 88.0 Å². The van der Waals surface area contributed by atoms with Crippen molar-refractivity contribution in [2.24, 2.45) is 17.8 Å². The van der Waals surface area contributed by atoms with Crippen LogP contribution in [0.5, 0.6) is 0 Å². The summed E-state index contributed by atoms with van der Waals surface area (Å²) in [5.41, 5.74) is 3.62. The van der Waals surface area contributed by atoms with Gasteiger partial charge < -0.3 is 9.84 Å². The minimum Gasteiger partial charge on any atom is -0.388 e. The van der Waals surface area contributed by atoms with Crippen LogP contribution in [0.4, 0.5) is 0 Å². The molecule has 0 spiro atoms. The van der Waals surface area contributed by atoms with E-state index in [1.807, 2.05) is 6.07 Å². The summed E-state index contributed by atoms with van der Waals surface area (Å²) in [5, 5.41) is 10.9. The molecule has 4 rings (SSSR count). The molecule has 1 aliphatic heterocycles. The first-order valence-corrected chi connectivity index (χ1v) is 12.5. The van der Waals surface area contributed by atoms with Gasteiger partial charge >= 0.3 is 0 Å². The lowest BCUT2D eigenvalue weighted by molar-refractivity contribution is -0.236. The van der Waals surface area contributed by atoms with Crippen molar-refractivity contribution >= 4 is 0 Å². The normalized spacial score (nSPS) is 29.0. The van der Waals surface area contributed by atoms with Crippen LogP contribution < -0.4 is 0 Å². The molecule has 0 amide bonds. The highest BCUT2D eigenvalue weighted by Crippen LogP contribution is 2.46. The molecule has 1 aliphatic carbocycles. The molecule has 2 aliphatic rings. The number of benzene rings is 2. The van der Waals surface area contributed by atoms with Crippen LogP contribution in [0.25, 0.3) is 0 Å². The van der Waals surface area contributed by atoms with E-state index in [0.29, 0.717) is 12.0 Å². The predicted octanol–water partition coefficient (Wildman–Crippen LogP) is 6.36. The summed E-state index contributed by atoms with van der Waals surface area (Å²) in [7, 11) is 0. The molecule has 0 aromatic heterocycles. The molecule has 2 aromatic carbocycles. The van der Waals surface area contributed by atoms with E-state index in [1.165, 1.54) is 24.0 Å². The number of hydrogen-bond donors (Lipinski definition) is 1. The fourth-order valence-electron chi connectivity index (χ4n) is 5.95. The van der Waals surface area contributed by atoms with Crippen molar-refractivity contribution in [3.8, 4) is 0 Å². The Bertz CT molecular complexity index is 878. The Morgan fingerprint density at radius 2 is 1.72 bits per heavy atom. The van der Waals surface area contributed by atoms with Gasteiger partial charge in [0, 0.05) is 24.4 Å². The lowest BCUT2D eigenvalue weighted by Crippen LogP contribution is -2.64. The molecule has 0 bridgehead atoms. The quantitative estimate of drug-likeness (QED) is 0.573. The van der Waals surface area contributed by atoms with E-state index in [1.54, 1.807) is 0 Å². The van der Waals surface area contributed by atoms with Gasteiger partial charge in [-0.25, -0.2) is 0 Å². The molecule has 2 aromatic rings. The zero-order valence-corrected chi connectivity index (χ0v) is 20.5. The minimum absolute atomic E-state index is 0.00253. The number of aliphatic hydroxyl groups is 1. The van der Waals surface area contributed by atoms with Gasteiger partial charge in [-0.2, -0.15) is 0 Å². The average molecular weight is 436 g/mol. The van der Waals surface area contributed by atoms with Crippen LogP contribution in [0.3, 0.4) is 0 Å². The van der Waals surface area contributed by atoms with Crippen LogP contribution in [-0.4, -0.2) is 27.9 Å². The highest BCUT2D eigenvalue weighted by molar-refractivity contribution is 5.30. The molecule has 1 saturated carbocycles. The molecule has 3 nitrogen and oxygen atoms in total. The molecular formula is C29H41NO2. The lowest BCUT2D eigenvalue weighted by atomic mass is 9.69. The molecule has 1 heterocycles. The van der Waals surface area contributed by atoms with Gasteiger partial charge in [-0.15, -0.1) is 0 Å². The summed E-state index contributed by atoms with van der Waals surface area (Å²) in [6.07, 6.45) is 4.34. The first kappa shape index (κ1) is 23.5. The van der Waals surface area contributed by atoms with Crippen LogP contribution in [0, 0.1) is 17.8 Å². The fraction of sp³-hybridized carbons (Fsp3) is 0.586. The highest BCUT2D eigenvalue weighted by atomic mass is 16.5. The van der Waals surface area contributed by atoms with Crippen molar-refractivity contribution in [3.05, 3.63) is 71.3 Å². The monoisotopic (exact) mass is 435 g/mol. The third-order valence-electron chi connectivity index (χ3n) is 7.98. The van der Waals surface area contributed by atoms with Crippen molar-refractivity contribution in [1.29, 1.82) is 0 Å². The summed E-state index contributed by atoms with van der Waals surface area (Å²) in [6, 6.07) is 19.2. The Kier molecular flexibility index (Phi) is 7.09. The first-order chi connectivity index (χ1) is 15.3. The summed E-state index contributed by atoms with van der Waals surface area (Å²) in [5.74, 6) is 1.46. The van der Waals surface area contributed by atoms with Gasteiger partial charge in [-0.3, -0.25) is 4.90 Å². The van der Waals surface area contributed by atoms with Gasteiger partial charge in [-0.05, 0) is 55.2 Å².